The number of primary amides is 1. The maximum absolute atomic E-state index is 11.7. The van der Waals surface area contributed by atoms with E-state index in [2.05, 4.69) is 28.2 Å². The van der Waals surface area contributed by atoms with Crippen LogP contribution in [0.4, 0.5) is 5.69 Å². The van der Waals surface area contributed by atoms with Crippen molar-refractivity contribution in [3.8, 4) is 0 Å². The zero-order chi connectivity index (χ0) is 13.1. The predicted octanol–water partition coefficient (Wildman–Crippen LogP) is 3.15. The number of nitrogens with two attached hydrogens (primary N) is 1. The van der Waals surface area contributed by atoms with E-state index in [1.807, 2.05) is 38.1 Å². The molecule has 0 radical (unpaired) electrons. The van der Waals surface area contributed by atoms with Crippen LogP contribution in [0.2, 0.25) is 0 Å². The Labute approximate surface area is 111 Å². The number of amides is 1. The first-order valence-corrected chi connectivity index (χ1v) is 6.53. The molecule has 17 heavy (non-hydrogen) atoms. The molecule has 3 nitrogen and oxygen atoms in total. The number of halogens is 1. The summed E-state index contributed by atoms with van der Waals surface area (Å²) >= 11 is 3.40. The second-order valence-electron chi connectivity index (χ2n) is 4.51. The largest absolute Gasteiger partial charge is 0.371 e. The lowest BCUT2D eigenvalue weighted by molar-refractivity contribution is -0.123. The van der Waals surface area contributed by atoms with Crippen LogP contribution in [0.1, 0.15) is 27.2 Å². The van der Waals surface area contributed by atoms with Crippen molar-refractivity contribution in [2.45, 2.75) is 32.7 Å². The Morgan fingerprint density at radius 1 is 1.59 bits per heavy atom. The first-order valence-electron chi connectivity index (χ1n) is 5.73. The lowest BCUT2D eigenvalue weighted by Crippen LogP contribution is -2.52. The fourth-order valence-electron chi connectivity index (χ4n) is 1.70. The molecule has 3 N–H and O–H groups in total. The summed E-state index contributed by atoms with van der Waals surface area (Å²) in [7, 11) is 0. The second kappa shape index (κ2) is 5.54. The molecule has 0 aliphatic rings. The molecule has 0 aromatic heterocycles. The third-order valence-electron chi connectivity index (χ3n) is 3.34. The third-order valence-corrected chi connectivity index (χ3v) is 3.83. The second-order valence-corrected chi connectivity index (χ2v) is 5.43. The molecule has 0 aliphatic carbocycles. The van der Waals surface area contributed by atoms with Gasteiger partial charge in [-0.15, -0.1) is 0 Å². The van der Waals surface area contributed by atoms with Gasteiger partial charge in [0.2, 0.25) is 5.91 Å². The molecule has 0 spiro atoms. The molecule has 1 amide bonds. The van der Waals surface area contributed by atoms with Crippen LogP contribution in [0.25, 0.3) is 0 Å². The van der Waals surface area contributed by atoms with Gasteiger partial charge in [0.05, 0.1) is 0 Å². The number of anilines is 1. The first-order chi connectivity index (χ1) is 7.90. The van der Waals surface area contributed by atoms with Crippen LogP contribution in [-0.4, -0.2) is 11.4 Å². The maximum Gasteiger partial charge on any atom is 0.243 e. The summed E-state index contributed by atoms with van der Waals surface area (Å²) in [6.07, 6.45) is 0.889. The standard InChI is InChI=1S/C13H19BrN2O/c1-4-9(2)13(3,12(15)17)16-11-7-5-6-10(14)8-11/h5-9,16H,4H2,1-3H3,(H2,15,17). The number of nitrogens with one attached hydrogen (secondary N) is 1. The summed E-state index contributed by atoms with van der Waals surface area (Å²) in [6.45, 7) is 5.93. The van der Waals surface area contributed by atoms with Gasteiger partial charge in [0.1, 0.15) is 5.54 Å². The minimum Gasteiger partial charge on any atom is -0.371 e. The molecule has 0 bridgehead atoms. The summed E-state index contributed by atoms with van der Waals surface area (Å²) in [5.41, 5.74) is 5.68. The lowest BCUT2D eigenvalue weighted by Gasteiger charge is -2.34. The molecular formula is C13H19BrN2O. The normalized spacial score (nSPS) is 16.0. The summed E-state index contributed by atoms with van der Waals surface area (Å²) in [5.74, 6) is -0.161. The van der Waals surface area contributed by atoms with Crippen molar-refractivity contribution in [3.05, 3.63) is 28.7 Å². The number of benzene rings is 1. The van der Waals surface area contributed by atoms with Gasteiger partial charge in [0.15, 0.2) is 0 Å². The van der Waals surface area contributed by atoms with Crippen molar-refractivity contribution in [1.82, 2.24) is 0 Å². The quantitative estimate of drug-likeness (QED) is 0.877. The molecule has 0 heterocycles. The number of carbonyl (C=O) groups excluding carboxylic acids is 1. The Morgan fingerprint density at radius 2 is 2.24 bits per heavy atom. The molecule has 1 aromatic carbocycles. The van der Waals surface area contributed by atoms with E-state index in [0.29, 0.717) is 0 Å². The van der Waals surface area contributed by atoms with Crippen LogP contribution >= 0.6 is 15.9 Å². The van der Waals surface area contributed by atoms with Gasteiger partial charge in [-0.25, -0.2) is 0 Å². The van der Waals surface area contributed by atoms with Crippen LogP contribution in [0, 0.1) is 5.92 Å². The van der Waals surface area contributed by atoms with Crippen molar-refractivity contribution >= 4 is 27.5 Å². The predicted molar refractivity (Wildman–Crippen MR) is 74.8 cm³/mol. The van der Waals surface area contributed by atoms with E-state index in [9.17, 15) is 4.79 Å². The number of hydrogen-bond donors (Lipinski definition) is 2. The summed E-state index contributed by atoms with van der Waals surface area (Å²) < 4.78 is 0.971. The van der Waals surface area contributed by atoms with E-state index in [-0.39, 0.29) is 11.8 Å². The van der Waals surface area contributed by atoms with Gasteiger partial charge in [-0.2, -0.15) is 0 Å². The highest BCUT2D eigenvalue weighted by molar-refractivity contribution is 9.10. The monoisotopic (exact) mass is 298 g/mol. The van der Waals surface area contributed by atoms with E-state index in [0.717, 1.165) is 16.6 Å². The van der Waals surface area contributed by atoms with E-state index in [4.69, 9.17) is 5.73 Å². The first kappa shape index (κ1) is 14.0. The fraction of sp³-hybridized carbons (Fsp3) is 0.462. The highest BCUT2D eigenvalue weighted by Crippen LogP contribution is 2.26. The minimum absolute atomic E-state index is 0.166. The van der Waals surface area contributed by atoms with E-state index in [1.165, 1.54) is 0 Å². The molecule has 94 valence electrons. The smallest absolute Gasteiger partial charge is 0.243 e. The number of rotatable bonds is 5. The third kappa shape index (κ3) is 3.22. The van der Waals surface area contributed by atoms with Gasteiger partial charge in [-0.05, 0) is 31.0 Å². The Kier molecular flexibility index (Phi) is 4.57. The summed E-state index contributed by atoms with van der Waals surface area (Å²) in [4.78, 5) is 11.7. The molecule has 2 unspecified atom stereocenters. The maximum atomic E-state index is 11.7. The van der Waals surface area contributed by atoms with E-state index < -0.39 is 5.54 Å². The number of hydrogen-bond acceptors (Lipinski definition) is 2. The molecule has 1 rings (SSSR count). The highest BCUT2D eigenvalue weighted by atomic mass is 79.9. The van der Waals surface area contributed by atoms with Crippen molar-refractivity contribution in [1.29, 1.82) is 0 Å². The van der Waals surface area contributed by atoms with Gasteiger partial charge >= 0.3 is 0 Å². The van der Waals surface area contributed by atoms with Crippen molar-refractivity contribution in [2.75, 3.05) is 5.32 Å². The minimum atomic E-state index is -0.727. The Hall–Kier alpha value is -1.03. The average molecular weight is 299 g/mol. The van der Waals surface area contributed by atoms with Crippen LogP contribution < -0.4 is 11.1 Å². The highest BCUT2D eigenvalue weighted by Gasteiger charge is 2.36. The van der Waals surface area contributed by atoms with Gasteiger partial charge < -0.3 is 11.1 Å². The molecule has 0 aliphatic heterocycles. The lowest BCUT2D eigenvalue weighted by atomic mass is 9.84. The topological polar surface area (TPSA) is 55.1 Å². The van der Waals surface area contributed by atoms with Crippen LogP contribution in [-0.2, 0) is 4.79 Å². The van der Waals surface area contributed by atoms with Crippen molar-refractivity contribution in [3.63, 3.8) is 0 Å². The average Bonchev–Trinajstić information content (AvgIpc) is 2.27. The summed E-state index contributed by atoms with van der Waals surface area (Å²) in [5, 5.41) is 3.24. The SMILES string of the molecule is CCC(C)C(C)(Nc1cccc(Br)c1)C(N)=O. The van der Waals surface area contributed by atoms with Gasteiger partial charge in [0.25, 0.3) is 0 Å². The summed E-state index contributed by atoms with van der Waals surface area (Å²) in [6, 6.07) is 7.72. The molecule has 4 heteroatoms. The van der Waals surface area contributed by atoms with Crippen LogP contribution in [0.3, 0.4) is 0 Å². The molecule has 1 aromatic rings. The number of carbonyl (C=O) groups is 1. The molecule has 0 fully saturated rings. The Bertz CT molecular complexity index is 408. The molecule has 0 saturated carbocycles. The van der Waals surface area contributed by atoms with Crippen LogP contribution in [0.5, 0.6) is 0 Å². The molecule has 2 atom stereocenters. The molecule has 0 saturated heterocycles. The van der Waals surface area contributed by atoms with Gasteiger partial charge in [-0.3, -0.25) is 4.79 Å². The van der Waals surface area contributed by atoms with Gasteiger partial charge in [0, 0.05) is 10.2 Å². The van der Waals surface area contributed by atoms with E-state index >= 15 is 0 Å². The van der Waals surface area contributed by atoms with Crippen molar-refractivity contribution < 1.29 is 4.79 Å². The fourth-order valence-corrected chi connectivity index (χ4v) is 2.10. The zero-order valence-electron chi connectivity index (χ0n) is 10.5. The molecular weight excluding hydrogens is 280 g/mol. The Balaban J connectivity index is 2.99. The zero-order valence-corrected chi connectivity index (χ0v) is 12.0. The van der Waals surface area contributed by atoms with E-state index in [1.54, 1.807) is 0 Å². The van der Waals surface area contributed by atoms with Gasteiger partial charge in [-0.1, -0.05) is 42.3 Å². The van der Waals surface area contributed by atoms with Crippen LogP contribution in [0.15, 0.2) is 28.7 Å². The van der Waals surface area contributed by atoms with Crippen molar-refractivity contribution in [2.24, 2.45) is 11.7 Å². The Morgan fingerprint density at radius 3 is 2.71 bits per heavy atom.